The van der Waals surface area contributed by atoms with E-state index in [1.165, 1.54) is 0 Å². The number of hydrogen-bond acceptors (Lipinski definition) is 3. The van der Waals surface area contributed by atoms with E-state index >= 15 is 0 Å². The number of nitrogen functional groups attached to an aromatic ring is 1. The summed E-state index contributed by atoms with van der Waals surface area (Å²) < 4.78 is 5.45. The maximum absolute atomic E-state index is 9.93. The molecule has 4 nitrogen and oxygen atoms in total. The molecule has 1 aliphatic rings. The molecule has 17 heavy (non-hydrogen) atoms. The second kappa shape index (κ2) is 3.46. The van der Waals surface area contributed by atoms with Gasteiger partial charge in [-0.2, -0.15) is 0 Å². The Hall–Kier alpha value is -2.07. The Kier molecular flexibility index (Phi) is 2.06. The summed E-state index contributed by atoms with van der Waals surface area (Å²) in [5.74, 6) is -0.0691. The van der Waals surface area contributed by atoms with Crippen molar-refractivity contribution in [3.63, 3.8) is 0 Å². The lowest BCUT2D eigenvalue weighted by molar-refractivity contribution is 0.103. The van der Waals surface area contributed by atoms with E-state index in [-0.39, 0.29) is 11.6 Å². The fourth-order valence-corrected chi connectivity index (χ4v) is 2.42. The van der Waals surface area contributed by atoms with E-state index in [0.717, 1.165) is 21.9 Å². The molecule has 1 aliphatic heterocycles. The highest BCUT2D eigenvalue weighted by Crippen LogP contribution is 2.35. The SMILES string of the molecule is N=C(N)c1c(O)cc2c3c(cccc13)COC2. The smallest absolute Gasteiger partial charge is 0.127 e. The minimum atomic E-state index is -0.113. The average molecular weight is 228 g/mol. The van der Waals surface area contributed by atoms with E-state index in [1.807, 2.05) is 18.2 Å². The third-order valence-corrected chi connectivity index (χ3v) is 3.09. The summed E-state index contributed by atoms with van der Waals surface area (Å²) in [6.45, 7) is 1.05. The first-order valence-electron chi connectivity index (χ1n) is 5.37. The lowest BCUT2D eigenvalue weighted by Gasteiger charge is -2.20. The van der Waals surface area contributed by atoms with Crippen molar-refractivity contribution in [2.75, 3.05) is 0 Å². The summed E-state index contributed by atoms with van der Waals surface area (Å²) in [5.41, 5.74) is 7.97. The van der Waals surface area contributed by atoms with Crippen LogP contribution in [-0.2, 0) is 18.0 Å². The minimum absolute atomic E-state index is 0.0441. The highest BCUT2D eigenvalue weighted by atomic mass is 16.5. The van der Waals surface area contributed by atoms with E-state index in [9.17, 15) is 5.11 Å². The van der Waals surface area contributed by atoms with E-state index < -0.39 is 0 Å². The molecule has 0 aliphatic carbocycles. The van der Waals surface area contributed by atoms with E-state index in [0.29, 0.717) is 18.8 Å². The molecule has 0 amide bonds. The number of phenolic OH excluding ortho intramolecular Hbond substituents is 1. The molecule has 2 aromatic carbocycles. The van der Waals surface area contributed by atoms with Crippen LogP contribution in [0, 0.1) is 5.41 Å². The zero-order valence-electron chi connectivity index (χ0n) is 9.16. The molecule has 2 aromatic rings. The number of phenols is 1. The van der Waals surface area contributed by atoms with Gasteiger partial charge in [-0.15, -0.1) is 0 Å². The van der Waals surface area contributed by atoms with Gasteiger partial charge in [0.15, 0.2) is 0 Å². The van der Waals surface area contributed by atoms with Crippen LogP contribution in [0.3, 0.4) is 0 Å². The van der Waals surface area contributed by atoms with Gasteiger partial charge in [0.1, 0.15) is 11.6 Å². The molecule has 0 saturated heterocycles. The molecular formula is C13H12N2O2. The van der Waals surface area contributed by atoms with Gasteiger partial charge in [0.2, 0.25) is 0 Å². The van der Waals surface area contributed by atoms with Crippen LogP contribution in [0.4, 0.5) is 0 Å². The second-order valence-electron chi connectivity index (χ2n) is 4.18. The molecule has 1 heterocycles. The molecule has 86 valence electrons. The average Bonchev–Trinajstić information content (AvgIpc) is 2.28. The van der Waals surface area contributed by atoms with Crippen molar-refractivity contribution in [3.05, 3.63) is 41.0 Å². The summed E-state index contributed by atoms with van der Waals surface area (Å²) in [6.07, 6.45) is 0. The molecule has 0 spiro atoms. The zero-order valence-corrected chi connectivity index (χ0v) is 9.16. The molecular weight excluding hydrogens is 216 g/mol. The Bertz CT molecular complexity index is 635. The van der Waals surface area contributed by atoms with Gasteiger partial charge in [0.25, 0.3) is 0 Å². The first-order chi connectivity index (χ1) is 8.18. The van der Waals surface area contributed by atoms with Gasteiger partial charge in [-0.05, 0) is 28.0 Å². The van der Waals surface area contributed by atoms with Gasteiger partial charge < -0.3 is 15.6 Å². The number of ether oxygens (including phenoxy) is 1. The van der Waals surface area contributed by atoms with Gasteiger partial charge >= 0.3 is 0 Å². The molecule has 0 atom stereocenters. The first kappa shape index (κ1) is 10.1. The number of hydrogen-bond donors (Lipinski definition) is 3. The zero-order chi connectivity index (χ0) is 12.0. The van der Waals surface area contributed by atoms with Crippen LogP contribution >= 0.6 is 0 Å². The highest BCUT2D eigenvalue weighted by Gasteiger charge is 2.18. The normalized spacial score (nSPS) is 13.9. The van der Waals surface area contributed by atoms with Crippen LogP contribution in [0.25, 0.3) is 10.8 Å². The molecule has 0 radical (unpaired) electrons. The first-order valence-corrected chi connectivity index (χ1v) is 5.37. The standard InChI is InChI=1S/C13H12N2O2/c14-13(15)12-9-3-1-2-7-5-17-6-8(11(7)9)4-10(12)16/h1-4,16H,5-6H2,(H3,14,15). The van der Waals surface area contributed by atoms with Crippen LogP contribution in [0.15, 0.2) is 24.3 Å². The number of nitrogens with one attached hydrogen (secondary N) is 1. The molecule has 0 saturated carbocycles. The topological polar surface area (TPSA) is 79.3 Å². The molecule has 4 heteroatoms. The molecule has 0 bridgehead atoms. The Morgan fingerprint density at radius 1 is 1.29 bits per heavy atom. The third-order valence-electron chi connectivity index (χ3n) is 3.09. The van der Waals surface area contributed by atoms with Crippen LogP contribution in [0.1, 0.15) is 16.7 Å². The lowest BCUT2D eigenvalue weighted by Crippen LogP contribution is -2.14. The van der Waals surface area contributed by atoms with Gasteiger partial charge in [-0.25, -0.2) is 0 Å². The number of rotatable bonds is 1. The van der Waals surface area contributed by atoms with Crippen molar-refractivity contribution in [2.24, 2.45) is 5.73 Å². The summed E-state index contributed by atoms with van der Waals surface area (Å²) in [5, 5.41) is 19.4. The lowest BCUT2D eigenvalue weighted by atomic mass is 9.93. The maximum Gasteiger partial charge on any atom is 0.127 e. The van der Waals surface area contributed by atoms with Crippen molar-refractivity contribution in [3.8, 4) is 5.75 Å². The summed E-state index contributed by atoms with van der Waals surface area (Å²) >= 11 is 0. The number of aromatic hydroxyl groups is 1. The van der Waals surface area contributed by atoms with Crippen LogP contribution < -0.4 is 5.73 Å². The summed E-state index contributed by atoms with van der Waals surface area (Å²) in [4.78, 5) is 0. The largest absolute Gasteiger partial charge is 0.507 e. The summed E-state index contributed by atoms with van der Waals surface area (Å²) in [6, 6.07) is 7.40. The second-order valence-corrected chi connectivity index (χ2v) is 4.18. The Balaban J connectivity index is 2.50. The fraction of sp³-hybridized carbons (Fsp3) is 0.154. The quantitative estimate of drug-likeness (QED) is 0.515. The van der Waals surface area contributed by atoms with Crippen molar-refractivity contribution >= 4 is 16.6 Å². The molecule has 3 rings (SSSR count). The van der Waals surface area contributed by atoms with E-state index in [2.05, 4.69) is 0 Å². The predicted molar refractivity (Wildman–Crippen MR) is 65.1 cm³/mol. The number of nitrogens with two attached hydrogens (primary N) is 1. The van der Waals surface area contributed by atoms with Crippen LogP contribution in [0.5, 0.6) is 5.75 Å². The molecule has 4 N–H and O–H groups in total. The monoisotopic (exact) mass is 228 g/mol. The molecule has 0 fully saturated rings. The van der Waals surface area contributed by atoms with Crippen molar-refractivity contribution in [1.29, 1.82) is 5.41 Å². The van der Waals surface area contributed by atoms with Gasteiger partial charge in [0.05, 0.1) is 18.8 Å². The van der Waals surface area contributed by atoms with Crippen LogP contribution in [0.2, 0.25) is 0 Å². The Morgan fingerprint density at radius 3 is 2.82 bits per heavy atom. The van der Waals surface area contributed by atoms with Crippen molar-refractivity contribution in [1.82, 2.24) is 0 Å². The number of benzene rings is 2. The van der Waals surface area contributed by atoms with E-state index in [1.54, 1.807) is 6.07 Å². The predicted octanol–water partition coefficient (Wildman–Crippen LogP) is 1.86. The Morgan fingerprint density at radius 2 is 2.06 bits per heavy atom. The van der Waals surface area contributed by atoms with Gasteiger partial charge in [0, 0.05) is 0 Å². The summed E-state index contributed by atoms with van der Waals surface area (Å²) in [7, 11) is 0. The number of amidine groups is 1. The van der Waals surface area contributed by atoms with Gasteiger partial charge in [-0.1, -0.05) is 18.2 Å². The highest BCUT2D eigenvalue weighted by molar-refractivity contribution is 6.11. The fourth-order valence-electron chi connectivity index (χ4n) is 2.42. The van der Waals surface area contributed by atoms with Crippen molar-refractivity contribution in [2.45, 2.75) is 13.2 Å². The maximum atomic E-state index is 9.93. The van der Waals surface area contributed by atoms with E-state index in [4.69, 9.17) is 15.9 Å². The van der Waals surface area contributed by atoms with Gasteiger partial charge in [-0.3, -0.25) is 5.41 Å². The minimum Gasteiger partial charge on any atom is -0.507 e. The molecule has 0 unspecified atom stereocenters. The Labute approximate surface area is 98.1 Å². The third kappa shape index (κ3) is 1.38. The van der Waals surface area contributed by atoms with Crippen molar-refractivity contribution < 1.29 is 9.84 Å². The van der Waals surface area contributed by atoms with Crippen LogP contribution in [-0.4, -0.2) is 10.9 Å². The molecule has 0 aromatic heterocycles.